The van der Waals surface area contributed by atoms with Crippen molar-refractivity contribution in [3.05, 3.63) is 0 Å². The summed E-state index contributed by atoms with van der Waals surface area (Å²) in [6, 6.07) is 0. The maximum absolute atomic E-state index is 10.9. The number of hydrogen-bond acceptors (Lipinski definition) is 4. The molecule has 0 saturated heterocycles. The first-order valence-electron chi connectivity index (χ1n) is 5.54. The molecule has 0 amide bonds. The van der Waals surface area contributed by atoms with E-state index in [1.165, 1.54) is 6.92 Å². The fourth-order valence-electron chi connectivity index (χ4n) is 1.82. The van der Waals surface area contributed by atoms with Crippen LogP contribution in [0.3, 0.4) is 0 Å². The largest absolute Gasteiger partial charge is 0.481 e. The minimum atomic E-state index is -1.34. The Morgan fingerprint density at radius 3 is 1.63 bits per heavy atom. The van der Waals surface area contributed by atoms with Crippen LogP contribution in [0.4, 0.5) is 0 Å². The summed E-state index contributed by atoms with van der Waals surface area (Å²) in [6.07, 6.45) is -1.46. The molecule has 19 heavy (non-hydrogen) atoms. The lowest BCUT2D eigenvalue weighted by Gasteiger charge is -2.21. The minimum Gasteiger partial charge on any atom is -0.481 e. The van der Waals surface area contributed by atoms with E-state index in [9.17, 15) is 19.2 Å². The Balaban J connectivity index is 4.79. The predicted octanol–water partition coefficient (Wildman–Crippen LogP) is 0.364. The van der Waals surface area contributed by atoms with Crippen LogP contribution in [0.25, 0.3) is 0 Å². The Hall–Kier alpha value is -2.12. The summed E-state index contributed by atoms with van der Waals surface area (Å²) in [5.41, 5.74) is 0. The van der Waals surface area contributed by atoms with E-state index in [2.05, 4.69) is 0 Å². The summed E-state index contributed by atoms with van der Waals surface area (Å²) in [5.74, 6) is -8.51. The van der Waals surface area contributed by atoms with Gasteiger partial charge >= 0.3 is 23.9 Å². The van der Waals surface area contributed by atoms with Crippen LogP contribution in [0.1, 0.15) is 26.2 Å². The van der Waals surface area contributed by atoms with Crippen LogP contribution in [-0.2, 0) is 19.2 Å². The van der Waals surface area contributed by atoms with Gasteiger partial charge in [0.25, 0.3) is 0 Å². The van der Waals surface area contributed by atoms with Crippen LogP contribution in [-0.4, -0.2) is 44.3 Å². The molecule has 0 bridgehead atoms. The Bertz CT molecular complexity index is 375. The zero-order valence-corrected chi connectivity index (χ0v) is 10.3. The van der Waals surface area contributed by atoms with Gasteiger partial charge in [0.1, 0.15) is 0 Å². The summed E-state index contributed by atoms with van der Waals surface area (Å²) in [5, 5.41) is 34.9. The molecule has 0 aliphatic heterocycles. The number of carboxylic acids is 4. The number of hydrogen-bond donors (Lipinski definition) is 4. The monoisotopic (exact) mass is 276 g/mol. The van der Waals surface area contributed by atoms with Crippen LogP contribution in [0.15, 0.2) is 0 Å². The zero-order valence-electron chi connectivity index (χ0n) is 10.3. The molecule has 0 radical (unpaired) electrons. The molecule has 8 heteroatoms. The van der Waals surface area contributed by atoms with E-state index in [1.54, 1.807) is 0 Å². The van der Waals surface area contributed by atoms with Crippen molar-refractivity contribution in [2.45, 2.75) is 26.2 Å². The summed E-state index contributed by atoms with van der Waals surface area (Å²) in [6.45, 7) is 1.40. The second-order valence-corrected chi connectivity index (χ2v) is 4.39. The van der Waals surface area contributed by atoms with Crippen molar-refractivity contribution >= 4 is 23.9 Å². The molecule has 0 saturated carbocycles. The molecule has 0 spiro atoms. The van der Waals surface area contributed by atoms with Crippen molar-refractivity contribution in [1.82, 2.24) is 0 Å². The van der Waals surface area contributed by atoms with Gasteiger partial charge in [-0.15, -0.1) is 0 Å². The number of carboxylic acid groups (broad SMARTS) is 4. The SMILES string of the molecule is CC(CC(CC(=O)O)C(=O)O)C(CC(=O)O)C(=O)O. The number of rotatable bonds is 9. The Kier molecular flexibility index (Phi) is 6.53. The van der Waals surface area contributed by atoms with Crippen LogP contribution in [0.2, 0.25) is 0 Å². The van der Waals surface area contributed by atoms with Crippen LogP contribution in [0.5, 0.6) is 0 Å². The molecule has 0 aliphatic rings. The molecule has 0 aromatic rings. The quantitative estimate of drug-likeness (QED) is 0.471. The molecule has 0 rings (SSSR count). The van der Waals surface area contributed by atoms with Gasteiger partial charge in [-0.05, 0) is 12.3 Å². The molecule has 8 nitrogen and oxygen atoms in total. The summed E-state index contributed by atoms with van der Waals surface area (Å²) in [7, 11) is 0. The third-order valence-corrected chi connectivity index (χ3v) is 2.83. The van der Waals surface area contributed by atoms with Gasteiger partial charge in [-0.25, -0.2) is 0 Å². The maximum Gasteiger partial charge on any atom is 0.307 e. The second kappa shape index (κ2) is 7.34. The lowest BCUT2D eigenvalue weighted by molar-refractivity contribution is -0.152. The normalized spacial score (nSPS) is 15.2. The third-order valence-electron chi connectivity index (χ3n) is 2.83. The average Bonchev–Trinajstić information content (AvgIpc) is 2.23. The molecule has 3 atom stereocenters. The van der Waals surface area contributed by atoms with Crippen LogP contribution < -0.4 is 0 Å². The van der Waals surface area contributed by atoms with Crippen LogP contribution >= 0.6 is 0 Å². The second-order valence-electron chi connectivity index (χ2n) is 4.39. The third kappa shape index (κ3) is 6.39. The topological polar surface area (TPSA) is 149 Å². The molecule has 0 aromatic heterocycles. The van der Waals surface area contributed by atoms with Crippen molar-refractivity contribution in [3.8, 4) is 0 Å². The highest BCUT2D eigenvalue weighted by Gasteiger charge is 2.32. The highest BCUT2D eigenvalue weighted by Crippen LogP contribution is 2.25. The highest BCUT2D eigenvalue weighted by atomic mass is 16.4. The van der Waals surface area contributed by atoms with Gasteiger partial charge in [0.15, 0.2) is 0 Å². The van der Waals surface area contributed by atoms with E-state index in [-0.39, 0.29) is 6.42 Å². The Morgan fingerprint density at radius 1 is 0.842 bits per heavy atom. The van der Waals surface area contributed by atoms with Gasteiger partial charge in [-0.1, -0.05) is 6.92 Å². The van der Waals surface area contributed by atoms with E-state index in [1.807, 2.05) is 0 Å². The molecular weight excluding hydrogens is 260 g/mol. The van der Waals surface area contributed by atoms with Crippen molar-refractivity contribution < 1.29 is 39.6 Å². The minimum absolute atomic E-state index is 0.202. The standard InChI is InChI=1S/C11H16O8/c1-5(7(11(18)19)4-9(14)15)2-6(10(16)17)3-8(12)13/h5-7H,2-4H2,1H3,(H,12,13)(H,14,15)(H,16,17)(H,18,19). The maximum atomic E-state index is 10.9. The number of carbonyl (C=O) groups is 4. The molecule has 108 valence electrons. The molecule has 4 N–H and O–H groups in total. The molecule has 3 unspecified atom stereocenters. The molecule has 0 aromatic carbocycles. The van der Waals surface area contributed by atoms with Crippen LogP contribution in [0, 0.1) is 17.8 Å². The predicted molar refractivity (Wildman–Crippen MR) is 60.5 cm³/mol. The van der Waals surface area contributed by atoms with Crippen molar-refractivity contribution in [1.29, 1.82) is 0 Å². The Labute approximate surface area is 108 Å². The van der Waals surface area contributed by atoms with Gasteiger partial charge in [0.2, 0.25) is 0 Å². The van der Waals surface area contributed by atoms with E-state index < -0.39 is 54.5 Å². The molecule has 0 heterocycles. The lowest BCUT2D eigenvalue weighted by atomic mass is 9.83. The summed E-state index contributed by atoms with van der Waals surface area (Å²) >= 11 is 0. The summed E-state index contributed by atoms with van der Waals surface area (Å²) in [4.78, 5) is 42.8. The van der Waals surface area contributed by atoms with Gasteiger partial charge in [-0.2, -0.15) is 0 Å². The van der Waals surface area contributed by atoms with E-state index in [0.29, 0.717) is 0 Å². The van der Waals surface area contributed by atoms with E-state index in [0.717, 1.165) is 0 Å². The highest BCUT2D eigenvalue weighted by molar-refractivity contribution is 5.79. The Morgan fingerprint density at radius 2 is 1.32 bits per heavy atom. The van der Waals surface area contributed by atoms with Crippen molar-refractivity contribution in [2.75, 3.05) is 0 Å². The molecule has 0 fully saturated rings. The summed E-state index contributed by atoms with van der Waals surface area (Å²) < 4.78 is 0. The zero-order chi connectivity index (χ0) is 15.2. The van der Waals surface area contributed by atoms with E-state index >= 15 is 0 Å². The average molecular weight is 276 g/mol. The molecule has 0 aliphatic carbocycles. The van der Waals surface area contributed by atoms with Crippen molar-refractivity contribution in [3.63, 3.8) is 0 Å². The smallest absolute Gasteiger partial charge is 0.307 e. The first-order valence-corrected chi connectivity index (χ1v) is 5.54. The fraction of sp³-hybridized carbons (Fsp3) is 0.636. The van der Waals surface area contributed by atoms with Gasteiger partial charge in [0.05, 0.1) is 24.7 Å². The van der Waals surface area contributed by atoms with Gasteiger partial charge < -0.3 is 20.4 Å². The number of aliphatic carboxylic acids is 4. The lowest BCUT2D eigenvalue weighted by Crippen LogP contribution is -2.29. The fourth-order valence-corrected chi connectivity index (χ4v) is 1.82. The van der Waals surface area contributed by atoms with Gasteiger partial charge in [0, 0.05) is 0 Å². The first kappa shape index (κ1) is 16.9. The first-order chi connectivity index (χ1) is 8.65. The van der Waals surface area contributed by atoms with E-state index in [4.69, 9.17) is 20.4 Å². The molecular formula is C11H16O8. The van der Waals surface area contributed by atoms with Crippen molar-refractivity contribution in [2.24, 2.45) is 17.8 Å². The van der Waals surface area contributed by atoms with Gasteiger partial charge in [-0.3, -0.25) is 19.2 Å².